The number of amides is 1. The lowest BCUT2D eigenvalue weighted by molar-refractivity contribution is -0.117. The molecule has 1 aliphatic rings. The van der Waals surface area contributed by atoms with E-state index in [1.165, 1.54) is 41.3 Å². The normalized spacial score (nSPS) is 16.7. The van der Waals surface area contributed by atoms with Crippen molar-refractivity contribution >= 4 is 21.4 Å². The minimum Gasteiger partial charge on any atom is -0.502 e. The topological polar surface area (TPSA) is 74.7 Å². The Morgan fingerprint density at radius 2 is 1.53 bits per heavy atom. The lowest BCUT2D eigenvalue weighted by atomic mass is 10.1. The minimum atomic E-state index is -4.23. The van der Waals surface area contributed by atoms with Gasteiger partial charge in [-0.1, -0.05) is 48.9 Å². The minimum absolute atomic E-state index is 0.0345. The van der Waals surface area contributed by atoms with Gasteiger partial charge < -0.3 is 5.11 Å². The van der Waals surface area contributed by atoms with E-state index < -0.39 is 38.3 Å². The van der Waals surface area contributed by atoms with E-state index >= 15 is 0 Å². The molecule has 1 N–H and O–H groups in total. The van der Waals surface area contributed by atoms with Crippen LogP contribution in [0.2, 0.25) is 0 Å². The van der Waals surface area contributed by atoms with Gasteiger partial charge in [-0.3, -0.25) is 9.69 Å². The number of sulfone groups is 1. The van der Waals surface area contributed by atoms with Crippen LogP contribution in [0.25, 0.3) is 0 Å². The third kappa shape index (κ3) is 3.69. The van der Waals surface area contributed by atoms with E-state index in [2.05, 4.69) is 0 Å². The molecule has 164 valence electrons. The summed E-state index contributed by atoms with van der Waals surface area (Å²) in [5.41, 5.74) is 2.72. The van der Waals surface area contributed by atoms with Crippen molar-refractivity contribution in [2.75, 3.05) is 4.90 Å². The first kappa shape index (κ1) is 21.8. The van der Waals surface area contributed by atoms with Crippen LogP contribution in [0.4, 0.5) is 10.1 Å². The first-order valence-corrected chi connectivity index (χ1v) is 11.6. The third-order valence-corrected chi connectivity index (χ3v) is 7.48. The van der Waals surface area contributed by atoms with E-state index in [0.29, 0.717) is 11.3 Å². The summed E-state index contributed by atoms with van der Waals surface area (Å²) in [6.07, 6.45) is 0.798. The van der Waals surface area contributed by atoms with Crippen LogP contribution >= 0.6 is 0 Å². The number of hydrogen-bond acceptors (Lipinski definition) is 4. The second-order valence-electron chi connectivity index (χ2n) is 7.68. The monoisotopic (exact) mass is 451 g/mol. The number of nitrogens with zero attached hydrogens (tertiary/aromatic N) is 1. The first-order valence-electron chi connectivity index (χ1n) is 10.2. The molecule has 0 aliphatic carbocycles. The van der Waals surface area contributed by atoms with Gasteiger partial charge in [0.1, 0.15) is 16.8 Å². The van der Waals surface area contributed by atoms with E-state index in [9.17, 15) is 22.7 Å². The largest absolute Gasteiger partial charge is 0.502 e. The molecule has 0 saturated carbocycles. The van der Waals surface area contributed by atoms with Crippen LogP contribution in [0.1, 0.15) is 29.7 Å². The highest BCUT2D eigenvalue weighted by molar-refractivity contribution is 7.95. The number of aliphatic hydroxyl groups is 1. The Morgan fingerprint density at radius 1 is 0.938 bits per heavy atom. The van der Waals surface area contributed by atoms with Gasteiger partial charge in [-0.2, -0.15) is 0 Å². The zero-order valence-electron chi connectivity index (χ0n) is 17.6. The number of aryl methyl sites for hydroxylation is 2. The molecule has 0 bridgehead atoms. The maximum absolute atomic E-state index is 13.6. The maximum Gasteiger partial charge on any atom is 0.295 e. The van der Waals surface area contributed by atoms with Gasteiger partial charge in [-0.15, -0.1) is 0 Å². The number of halogens is 1. The predicted molar refractivity (Wildman–Crippen MR) is 120 cm³/mol. The zero-order chi connectivity index (χ0) is 23.0. The Hall–Kier alpha value is -3.45. The summed E-state index contributed by atoms with van der Waals surface area (Å²) in [5.74, 6) is -2.15. The number of benzene rings is 3. The Kier molecular flexibility index (Phi) is 5.60. The van der Waals surface area contributed by atoms with Crippen LogP contribution in [0.5, 0.6) is 0 Å². The van der Waals surface area contributed by atoms with Crippen molar-refractivity contribution in [2.24, 2.45) is 0 Å². The van der Waals surface area contributed by atoms with Gasteiger partial charge >= 0.3 is 0 Å². The van der Waals surface area contributed by atoms with Gasteiger partial charge in [0.05, 0.1) is 4.90 Å². The van der Waals surface area contributed by atoms with Crippen molar-refractivity contribution in [2.45, 2.75) is 31.2 Å². The molecular weight excluding hydrogens is 429 g/mol. The maximum atomic E-state index is 13.6. The fourth-order valence-electron chi connectivity index (χ4n) is 3.81. The number of rotatable bonds is 5. The molecule has 0 spiro atoms. The molecule has 7 heteroatoms. The molecule has 0 fully saturated rings. The number of hydrogen-bond donors (Lipinski definition) is 1. The van der Waals surface area contributed by atoms with E-state index in [1.807, 2.05) is 26.0 Å². The summed E-state index contributed by atoms with van der Waals surface area (Å²) in [7, 11) is -4.23. The van der Waals surface area contributed by atoms with Crippen LogP contribution in [0, 0.1) is 12.7 Å². The predicted octanol–water partition coefficient (Wildman–Crippen LogP) is 5.03. The van der Waals surface area contributed by atoms with Gasteiger partial charge in [0, 0.05) is 5.69 Å². The molecule has 32 heavy (non-hydrogen) atoms. The molecule has 0 saturated heterocycles. The standard InChI is InChI=1S/C25H22FNO4S/c1-3-17-6-12-20(13-7-17)27-22(18-8-10-19(26)11-9-18)24(23(28)25(27)29)32(30,31)21-14-4-16(2)5-15-21/h4-15,22,28H,3H2,1-2H3/t22-/m1/s1. The van der Waals surface area contributed by atoms with E-state index in [0.717, 1.165) is 17.5 Å². The van der Waals surface area contributed by atoms with Crippen LogP contribution in [-0.4, -0.2) is 19.4 Å². The lowest BCUT2D eigenvalue weighted by Crippen LogP contribution is -2.31. The highest BCUT2D eigenvalue weighted by atomic mass is 32.2. The highest BCUT2D eigenvalue weighted by Gasteiger charge is 2.47. The SMILES string of the molecule is CCc1ccc(N2C(=O)C(O)=C(S(=O)(=O)c3ccc(C)cc3)[C@H]2c2ccc(F)cc2)cc1. The van der Waals surface area contributed by atoms with Crippen molar-refractivity contribution in [1.29, 1.82) is 0 Å². The van der Waals surface area contributed by atoms with Gasteiger partial charge in [0.15, 0.2) is 5.76 Å². The summed E-state index contributed by atoms with van der Waals surface area (Å²) in [5, 5.41) is 10.8. The molecule has 0 aromatic heterocycles. The average Bonchev–Trinajstić information content (AvgIpc) is 3.06. The van der Waals surface area contributed by atoms with Crippen molar-refractivity contribution in [1.82, 2.24) is 0 Å². The van der Waals surface area contributed by atoms with Crippen LogP contribution < -0.4 is 4.90 Å². The van der Waals surface area contributed by atoms with Gasteiger partial charge in [0.25, 0.3) is 5.91 Å². The van der Waals surface area contributed by atoms with Crippen LogP contribution in [0.3, 0.4) is 0 Å². The number of carbonyl (C=O) groups excluding carboxylic acids is 1. The fraction of sp³-hybridized carbons (Fsp3) is 0.160. The van der Waals surface area contributed by atoms with Crippen LogP contribution in [0.15, 0.2) is 88.4 Å². The van der Waals surface area contributed by atoms with E-state index in [4.69, 9.17) is 0 Å². The molecular formula is C25H22FNO4S. The van der Waals surface area contributed by atoms with Crippen molar-refractivity contribution < 1.29 is 22.7 Å². The summed E-state index contributed by atoms with van der Waals surface area (Å²) in [6, 6.07) is 17.4. The Morgan fingerprint density at radius 3 is 2.09 bits per heavy atom. The van der Waals surface area contributed by atoms with Gasteiger partial charge in [-0.25, -0.2) is 12.8 Å². The molecule has 1 amide bonds. The number of aliphatic hydroxyl groups excluding tert-OH is 1. The lowest BCUT2D eigenvalue weighted by Gasteiger charge is -2.27. The Labute approximate surface area is 186 Å². The van der Waals surface area contributed by atoms with Crippen molar-refractivity contribution in [3.05, 3.63) is 106 Å². The molecule has 0 unspecified atom stereocenters. The van der Waals surface area contributed by atoms with Gasteiger partial charge in [-0.05, 0) is 60.9 Å². The first-order chi connectivity index (χ1) is 15.2. The molecule has 3 aromatic carbocycles. The van der Waals surface area contributed by atoms with Gasteiger partial charge in [0.2, 0.25) is 9.84 Å². The molecule has 1 aliphatic heterocycles. The number of carbonyl (C=O) groups is 1. The molecule has 4 rings (SSSR count). The summed E-state index contributed by atoms with van der Waals surface area (Å²) >= 11 is 0. The molecule has 3 aromatic rings. The van der Waals surface area contributed by atoms with Crippen molar-refractivity contribution in [3.8, 4) is 0 Å². The summed E-state index contributed by atoms with van der Waals surface area (Å²) in [6.45, 7) is 3.83. The third-order valence-electron chi connectivity index (χ3n) is 5.59. The summed E-state index contributed by atoms with van der Waals surface area (Å²) in [4.78, 5) is 13.9. The van der Waals surface area contributed by atoms with Crippen LogP contribution in [-0.2, 0) is 21.1 Å². The second-order valence-corrected chi connectivity index (χ2v) is 9.60. The molecule has 5 nitrogen and oxygen atoms in total. The fourth-order valence-corrected chi connectivity index (χ4v) is 5.43. The van der Waals surface area contributed by atoms with Crippen molar-refractivity contribution in [3.63, 3.8) is 0 Å². The zero-order valence-corrected chi connectivity index (χ0v) is 18.4. The average molecular weight is 452 g/mol. The Balaban J connectivity index is 1.91. The summed E-state index contributed by atoms with van der Waals surface area (Å²) < 4.78 is 40.7. The molecule has 1 atom stereocenters. The number of anilines is 1. The van der Waals surface area contributed by atoms with E-state index in [-0.39, 0.29) is 4.90 Å². The Bertz CT molecular complexity index is 1300. The quantitative estimate of drug-likeness (QED) is 0.591. The van der Waals surface area contributed by atoms with E-state index in [1.54, 1.807) is 24.3 Å². The molecule has 1 heterocycles. The molecule has 0 radical (unpaired) electrons. The second kappa shape index (κ2) is 8.24. The highest BCUT2D eigenvalue weighted by Crippen LogP contribution is 2.44. The smallest absolute Gasteiger partial charge is 0.295 e.